The van der Waals surface area contributed by atoms with Crippen molar-refractivity contribution in [3.63, 3.8) is 0 Å². The van der Waals surface area contributed by atoms with E-state index in [9.17, 15) is 8.42 Å². The maximum atomic E-state index is 11.4. The van der Waals surface area contributed by atoms with Crippen molar-refractivity contribution in [1.82, 2.24) is 15.0 Å². The Kier molecular flexibility index (Phi) is 2.00. The Labute approximate surface area is 93.0 Å². The molecule has 84 valence electrons. The maximum Gasteiger partial charge on any atom is 0.152 e. The Morgan fingerprint density at radius 1 is 1.31 bits per heavy atom. The average Bonchev–Trinajstić information content (AvgIpc) is 2.81. The first-order chi connectivity index (χ1) is 7.66. The lowest BCUT2D eigenvalue weighted by Crippen LogP contribution is -2.12. The van der Waals surface area contributed by atoms with Crippen molar-refractivity contribution in [3.05, 3.63) is 24.3 Å². The van der Waals surface area contributed by atoms with Gasteiger partial charge >= 0.3 is 0 Å². The summed E-state index contributed by atoms with van der Waals surface area (Å²) in [5.74, 6) is 0.437. The molecule has 6 heteroatoms. The maximum absolute atomic E-state index is 11.4. The Morgan fingerprint density at radius 2 is 2.12 bits per heavy atom. The monoisotopic (exact) mass is 237 g/mol. The zero-order valence-corrected chi connectivity index (χ0v) is 9.39. The molecule has 0 radical (unpaired) electrons. The second kappa shape index (κ2) is 3.28. The van der Waals surface area contributed by atoms with Gasteiger partial charge in [-0.2, -0.15) is 0 Å². The van der Waals surface area contributed by atoms with Gasteiger partial charge in [-0.25, -0.2) is 13.1 Å². The van der Waals surface area contributed by atoms with E-state index in [4.69, 9.17) is 0 Å². The second-order valence-electron chi connectivity index (χ2n) is 4.08. The first-order valence-corrected chi connectivity index (χ1v) is 6.98. The van der Waals surface area contributed by atoms with Crippen LogP contribution in [0.3, 0.4) is 0 Å². The number of hydrogen-bond donors (Lipinski definition) is 0. The molecule has 0 aliphatic carbocycles. The van der Waals surface area contributed by atoms with Gasteiger partial charge in [0.2, 0.25) is 0 Å². The molecule has 1 aromatic heterocycles. The molecule has 3 rings (SSSR count). The number of sulfone groups is 1. The molecule has 0 spiro atoms. The normalized spacial score (nSPS) is 23.9. The van der Waals surface area contributed by atoms with E-state index in [2.05, 4.69) is 10.3 Å². The van der Waals surface area contributed by atoms with E-state index >= 15 is 0 Å². The van der Waals surface area contributed by atoms with E-state index in [1.807, 2.05) is 24.3 Å². The second-order valence-corrected chi connectivity index (χ2v) is 6.31. The van der Waals surface area contributed by atoms with Crippen molar-refractivity contribution < 1.29 is 8.42 Å². The van der Waals surface area contributed by atoms with Crippen LogP contribution < -0.4 is 0 Å². The molecule has 1 saturated heterocycles. The van der Waals surface area contributed by atoms with Gasteiger partial charge in [-0.15, -0.1) is 5.10 Å². The van der Waals surface area contributed by atoms with Gasteiger partial charge in [0.1, 0.15) is 5.52 Å². The van der Waals surface area contributed by atoms with Crippen molar-refractivity contribution in [3.8, 4) is 0 Å². The molecule has 1 aliphatic rings. The summed E-state index contributed by atoms with van der Waals surface area (Å²) in [7, 11) is -2.88. The molecular formula is C10H11N3O2S. The summed E-state index contributed by atoms with van der Waals surface area (Å²) in [5, 5.41) is 8.07. The molecule has 16 heavy (non-hydrogen) atoms. The van der Waals surface area contributed by atoms with Gasteiger partial charge in [-0.1, -0.05) is 17.3 Å². The molecule has 1 unspecified atom stereocenters. The minimum absolute atomic E-state index is 0.0580. The van der Waals surface area contributed by atoms with Gasteiger partial charge in [0, 0.05) is 0 Å². The fourth-order valence-corrected chi connectivity index (χ4v) is 3.82. The highest BCUT2D eigenvalue weighted by Crippen LogP contribution is 2.25. The minimum atomic E-state index is -2.88. The Morgan fingerprint density at radius 3 is 2.88 bits per heavy atom. The molecule has 0 N–H and O–H groups in total. The predicted molar refractivity (Wildman–Crippen MR) is 59.8 cm³/mol. The van der Waals surface area contributed by atoms with E-state index in [1.165, 1.54) is 0 Å². The van der Waals surface area contributed by atoms with Crippen molar-refractivity contribution in [2.24, 2.45) is 0 Å². The summed E-state index contributed by atoms with van der Waals surface area (Å²) in [5.41, 5.74) is 1.72. The van der Waals surface area contributed by atoms with Crippen molar-refractivity contribution >= 4 is 20.9 Å². The van der Waals surface area contributed by atoms with Crippen LogP contribution in [0.25, 0.3) is 11.0 Å². The smallest absolute Gasteiger partial charge is 0.152 e. The first kappa shape index (κ1) is 9.77. The number of rotatable bonds is 1. The van der Waals surface area contributed by atoms with Crippen LogP contribution in [0.4, 0.5) is 0 Å². The van der Waals surface area contributed by atoms with E-state index in [-0.39, 0.29) is 17.5 Å². The Balaban J connectivity index is 2.07. The van der Waals surface area contributed by atoms with Crippen LogP contribution in [0, 0.1) is 0 Å². The fourth-order valence-electron chi connectivity index (χ4n) is 2.12. The molecule has 2 aromatic rings. The number of benzene rings is 1. The molecule has 2 heterocycles. The molecule has 0 amide bonds. The highest BCUT2D eigenvalue weighted by molar-refractivity contribution is 7.91. The Hall–Kier alpha value is -1.43. The van der Waals surface area contributed by atoms with Gasteiger partial charge in [-0.3, -0.25) is 0 Å². The largest absolute Gasteiger partial charge is 0.241 e. The summed E-state index contributed by atoms with van der Waals surface area (Å²) in [6, 6.07) is 7.54. The van der Waals surface area contributed by atoms with Gasteiger partial charge in [0.05, 0.1) is 23.1 Å². The van der Waals surface area contributed by atoms with Crippen molar-refractivity contribution in [2.75, 3.05) is 11.5 Å². The number of fused-ring (bicyclic) bond motifs is 1. The van der Waals surface area contributed by atoms with Gasteiger partial charge in [0.25, 0.3) is 0 Å². The quantitative estimate of drug-likeness (QED) is 0.735. The topological polar surface area (TPSA) is 64.8 Å². The van der Waals surface area contributed by atoms with Crippen LogP contribution in [-0.2, 0) is 9.84 Å². The zero-order valence-electron chi connectivity index (χ0n) is 8.57. The number of aromatic nitrogens is 3. The van der Waals surface area contributed by atoms with Gasteiger partial charge in [0.15, 0.2) is 9.84 Å². The summed E-state index contributed by atoms with van der Waals surface area (Å²) in [6.45, 7) is 0. The van der Waals surface area contributed by atoms with Crippen molar-refractivity contribution in [1.29, 1.82) is 0 Å². The van der Waals surface area contributed by atoms with E-state index in [0.717, 1.165) is 11.0 Å². The van der Waals surface area contributed by atoms with Crippen LogP contribution in [0.5, 0.6) is 0 Å². The van der Waals surface area contributed by atoms with Gasteiger partial charge < -0.3 is 0 Å². The van der Waals surface area contributed by atoms with Crippen LogP contribution in [0.2, 0.25) is 0 Å². The van der Waals surface area contributed by atoms with Gasteiger partial charge in [-0.05, 0) is 18.6 Å². The lowest BCUT2D eigenvalue weighted by Gasteiger charge is -2.07. The molecule has 1 aromatic carbocycles. The third-order valence-electron chi connectivity index (χ3n) is 2.93. The summed E-state index contributed by atoms with van der Waals surface area (Å²) >= 11 is 0. The third kappa shape index (κ3) is 1.49. The number of para-hydroxylation sites is 1. The molecule has 1 fully saturated rings. The zero-order chi connectivity index (χ0) is 11.2. The van der Waals surface area contributed by atoms with Crippen LogP contribution in [0.1, 0.15) is 12.5 Å². The molecule has 1 atom stereocenters. The van der Waals surface area contributed by atoms with Crippen LogP contribution in [0.15, 0.2) is 24.3 Å². The van der Waals surface area contributed by atoms with E-state index in [0.29, 0.717) is 6.42 Å². The minimum Gasteiger partial charge on any atom is -0.241 e. The molecule has 1 aliphatic heterocycles. The average molecular weight is 237 g/mol. The summed E-state index contributed by atoms with van der Waals surface area (Å²) < 4.78 is 24.6. The Bertz CT molecular complexity index is 632. The SMILES string of the molecule is O=S1(=O)CCC(n2nnc3ccccc32)C1. The molecular weight excluding hydrogens is 226 g/mol. The van der Waals surface area contributed by atoms with E-state index < -0.39 is 9.84 Å². The number of hydrogen-bond acceptors (Lipinski definition) is 4. The fraction of sp³-hybridized carbons (Fsp3) is 0.400. The lowest BCUT2D eigenvalue weighted by molar-refractivity contribution is 0.499. The molecule has 0 saturated carbocycles. The van der Waals surface area contributed by atoms with Crippen LogP contribution in [-0.4, -0.2) is 34.9 Å². The third-order valence-corrected chi connectivity index (χ3v) is 4.68. The predicted octanol–water partition coefficient (Wildman–Crippen LogP) is 0.791. The van der Waals surface area contributed by atoms with Crippen molar-refractivity contribution in [2.45, 2.75) is 12.5 Å². The molecule has 5 nitrogen and oxygen atoms in total. The standard InChI is InChI=1S/C10H11N3O2S/c14-16(15)6-5-8(7-16)13-10-4-2-1-3-9(10)11-12-13/h1-4,8H,5-7H2. The lowest BCUT2D eigenvalue weighted by atomic mass is 10.2. The summed E-state index contributed by atoms with van der Waals surface area (Å²) in [6.07, 6.45) is 0.635. The van der Waals surface area contributed by atoms with Crippen LogP contribution >= 0.6 is 0 Å². The highest BCUT2D eigenvalue weighted by Gasteiger charge is 2.30. The molecule has 0 bridgehead atoms. The van der Waals surface area contributed by atoms with E-state index in [1.54, 1.807) is 4.68 Å². The summed E-state index contributed by atoms with van der Waals surface area (Å²) in [4.78, 5) is 0. The first-order valence-electron chi connectivity index (χ1n) is 5.16. The number of nitrogens with zero attached hydrogens (tertiary/aromatic N) is 3. The highest BCUT2D eigenvalue weighted by atomic mass is 32.2.